The van der Waals surface area contributed by atoms with Crippen molar-refractivity contribution in [1.29, 1.82) is 0 Å². The third-order valence-electron chi connectivity index (χ3n) is 2.33. The lowest BCUT2D eigenvalue weighted by molar-refractivity contribution is -0.120. The van der Waals surface area contributed by atoms with Gasteiger partial charge in [0.15, 0.2) is 0 Å². The zero-order valence-corrected chi connectivity index (χ0v) is 7.95. The second-order valence-corrected chi connectivity index (χ2v) is 3.44. The summed E-state index contributed by atoms with van der Waals surface area (Å²) >= 11 is 0. The first-order chi connectivity index (χ1) is 6.22. The summed E-state index contributed by atoms with van der Waals surface area (Å²) < 4.78 is 0. The number of nitrogens with zero attached hydrogens (tertiary/aromatic N) is 1. The van der Waals surface area contributed by atoms with Crippen molar-refractivity contribution in [1.82, 2.24) is 10.2 Å². The quantitative estimate of drug-likeness (QED) is 0.617. The van der Waals surface area contributed by atoms with E-state index in [0.717, 1.165) is 32.2 Å². The van der Waals surface area contributed by atoms with Crippen LogP contribution in [0.4, 0.5) is 0 Å². The molecule has 0 radical (unpaired) electrons. The number of aldehydes is 1. The van der Waals surface area contributed by atoms with E-state index < -0.39 is 0 Å². The SMILES string of the molecule is CC(=O)NC1CCN(CC=O)CC1. The summed E-state index contributed by atoms with van der Waals surface area (Å²) in [6.07, 6.45) is 2.83. The van der Waals surface area contributed by atoms with Crippen molar-refractivity contribution in [2.45, 2.75) is 25.8 Å². The Morgan fingerprint density at radius 2 is 2.15 bits per heavy atom. The maximum atomic E-state index is 10.7. The molecule has 1 amide bonds. The Morgan fingerprint density at radius 3 is 2.62 bits per heavy atom. The van der Waals surface area contributed by atoms with E-state index in [1.165, 1.54) is 6.92 Å². The highest BCUT2D eigenvalue weighted by molar-refractivity contribution is 5.73. The minimum absolute atomic E-state index is 0.0360. The van der Waals surface area contributed by atoms with E-state index in [-0.39, 0.29) is 5.91 Å². The van der Waals surface area contributed by atoms with E-state index in [1.54, 1.807) is 0 Å². The maximum Gasteiger partial charge on any atom is 0.217 e. The Balaban J connectivity index is 2.22. The largest absolute Gasteiger partial charge is 0.354 e. The first-order valence-electron chi connectivity index (χ1n) is 4.65. The van der Waals surface area contributed by atoms with Gasteiger partial charge in [0.2, 0.25) is 5.91 Å². The molecule has 0 aromatic rings. The van der Waals surface area contributed by atoms with Crippen molar-refractivity contribution in [3.8, 4) is 0 Å². The van der Waals surface area contributed by atoms with Gasteiger partial charge in [-0.05, 0) is 12.8 Å². The van der Waals surface area contributed by atoms with E-state index in [2.05, 4.69) is 10.2 Å². The van der Waals surface area contributed by atoms with Gasteiger partial charge in [0.1, 0.15) is 6.29 Å². The van der Waals surface area contributed by atoms with E-state index in [0.29, 0.717) is 12.6 Å². The molecule has 0 saturated carbocycles. The molecule has 0 spiro atoms. The van der Waals surface area contributed by atoms with Gasteiger partial charge < -0.3 is 10.1 Å². The van der Waals surface area contributed by atoms with Gasteiger partial charge in [-0.25, -0.2) is 0 Å². The lowest BCUT2D eigenvalue weighted by atomic mass is 10.1. The molecule has 1 aliphatic heterocycles. The van der Waals surface area contributed by atoms with E-state index in [4.69, 9.17) is 0 Å². The van der Waals surface area contributed by atoms with Crippen LogP contribution in [-0.4, -0.2) is 42.8 Å². The average Bonchev–Trinajstić information content (AvgIpc) is 2.08. The third-order valence-corrected chi connectivity index (χ3v) is 2.33. The first-order valence-corrected chi connectivity index (χ1v) is 4.65. The van der Waals surface area contributed by atoms with Gasteiger partial charge in [0, 0.05) is 26.1 Å². The Kier molecular flexibility index (Phi) is 3.89. The molecule has 0 unspecified atom stereocenters. The fourth-order valence-corrected chi connectivity index (χ4v) is 1.65. The fourth-order valence-electron chi connectivity index (χ4n) is 1.65. The molecule has 1 fully saturated rings. The Bertz CT molecular complexity index is 186. The number of hydrogen-bond donors (Lipinski definition) is 1. The molecule has 74 valence electrons. The van der Waals surface area contributed by atoms with Crippen LogP contribution in [-0.2, 0) is 9.59 Å². The molecule has 13 heavy (non-hydrogen) atoms. The Morgan fingerprint density at radius 1 is 1.54 bits per heavy atom. The minimum atomic E-state index is 0.0360. The van der Waals surface area contributed by atoms with E-state index in [9.17, 15) is 9.59 Å². The molecular formula is C9H16N2O2. The topological polar surface area (TPSA) is 49.4 Å². The van der Waals surface area contributed by atoms with Gasteiger partial charge in [-0.1, -0.05) is 0 Å². The lowest BCUT2D eigenvalue weighted by Gasteiger charge is -2.30. The van der Waals surface area contributed by atoms with Crippen LogP contribution in [0.5, 0.6) is 0 Å². The van der Waals surface area contributed by atoms with Gasteiger partial charge >= 0.3 is 0 Å². The molecule has 0 atom stereocenters. The number of piperidine rings is 1. The highest BCUT2D eigenvalue weighted by Gasteiger charge is 2.18. The zero-order chi connectivity index (χ0) is 9.68. The fraction of sp³-hybridized carbons (Fsp3) is 0.778. The molecule has 1 rings (SSSR count). The van der Waals surface area contributed by atoms with E-state index in [1.807, 2.05) is 0 Å². The first kappa shape index (κ1) is 10.2. The Hall–Kier alpha value is -0.900. The van der Waals surface area contributed by atoms with Crippen molar-refractivity contribution in [2.24, 2.45) is 0 Å². The van der Waals surface area contributed by atoms with Crippen molar-refractivity contribution < 1.29 is 9.59 Å². The molecule has 1 saturated heterocycles. The van der Waals surface area contributed by atoms with Crippen LogP contribution < -0.4 is 5.32 Å². The van der Waals surface area contributed by atoms with Gasteiger partial charge in [0.05, 0.1) is 6.54 Å². The summed E-state index contributed by atoms with van der Waals surface area (Å²) in [6.45, 7) is 3.87. The molecule has 0 bridgehead atoms. The van der Waals surface area contributed by atoms with Crippen molar-refractivity contribution >= 4 is 12.2 Å². The highest BCUT2D eigenvalue weighted by Crippen LogP contribution is 2.08. The number of hydrogen-bond acceptors (Lipinski definition) is 3. The maximum absolute atomic E-state index is 10.7. The molecule has 1 heterocycles. The normalized spacial score (nSPS) is 19.8. The van der Waals surface area contributed by atoms with Gasteiger partial charge in [0.25, 0.3) is 0 Å². The standard InChI is InChI=1S/C9H16N2O2/c1-8(13)10-9-2-4-11(5-3-9)6-7-12/h7,9H,2-6H2,1H3,(H,10,13). The van der Waals surface area contributed by atoms with Crippen LogP contribution in [0.1, 0.15) is 19.8 Å². The van der Waals surface area contributed by atoms with E-state index >= 15 is 0 Å². The molecule has 1 N–H and O–H groups in total. The zero-order valence-electron chi connectivity index (χ0n) is 7.95. The summed E-state index contributed by atoms with van der Waals surface area (Å²) in [5.74, 6) is 0.0360. The summed E-state index contributed by atoms with van der Waals surface area (Å²) in [7, 11) is 0. The van der Waals surface area contributed by atoms with Crippen molar-refractivity contribution in [2.75, 3.05) is 19.6 Å². The van der Waals surface area contributed by atoms with Crippen LogP contribution in [0.2, 0.25) is 0 Å². The number of rotatable bonds is 3. The van der Waals surface area contributed by atoms with Crippen molar-refractivity contribution in [3.63, 3.8) is 0 Å². The number of carbonyl (C=O) groups excluding carboxylic acids is 2. The molecule has 4 heteroatoms. The molecule has 0 aromatic heterocycles. The van der Waals surface area contributed by atoms with Gasteiger partial charge in [-0.3, -0.25) is 9.69 Å². The van der Waals surface area contributed by atoms with Crippen LogP contribution in [0.3, 0.4) is 0 Å². The monoisotopic (exact) mass is 184 g/mol. The second kappa shape index (κ2) is 4.97. The molecule has 0 aromatic carbocycles. The van der Waals surface area contributed by atoms with Crippen LogP contribution >= 0.6 is 0 Å². The number of nitrogens with one attached hydrogen (secondary N) is 1. The Labute approximate surface area is 78.3 Å². The minimum Gasteiger partial charge on any atom is -0.354 e. The predicted octanol–water partition coefficient (Wildman–Crippen LogP) is -0.214. The highest BCUT2D eigenvalue weighted by atomic mass is 16.1. The van der Waals surface area contributed by atoms with Gasteiger partial charge in [-0.15, -0.1) is 0 Å². The number of amides is 1. The number of likely N-dealkylation sites (tertiary alicyclic amines) is 1. The molecule has 1 aliphatic rings. The molecular weight excluding hydrogens is 168 g/mol. The number of carbonyl (C=O) groups is 2. The average molecular weight is 184 g/mol. The summed E-state index contributed by atoms with van der Waals surface area (Å²) in [5.41, 5.74) is 0. The second-order valence-electron chi connectivity index (χ2n) is 3.44. The van der Waals surface area contributed by atoms with Crippen LogP contribution in [0.15, 0.2) is 0 Å². The predicted molar refractivity (Wildman–Crippen MR) is 49.3 cm³/mol. The van der Waals surface area contributed by atoms with Crippen LogP contribution in [0, 0.1) is 0 Å². The van der Waals surface area contributed by atoms with Gasteiger partial charge in [-0.2, -0.15) is 0 Å². The molecule has 0 aliphatic carbocycles. The van der Waals surface area contributed by atoms with Crippen LogP contribution in [0.25, 0.3) is 0 Å². The summed E-state index contributed by atoms with van der Waals surface area (Å²) in [4.78, 5) is 23.1. The molecule has 4 nitrogen and oxygen atoms in total. The van der Waals surface area contributed by atoms with Crippen molar-refractivity contribution in [3.05, 3.63) is 0 Å². The summed E-state index contributed by atoms with van der Waals surface area (Å²) in [5, 5.41) is 2.89. The lowest BCUT2D eigenvalue weighted by Crippen LogP contribution is -2.44. The summed E-state index contributed by atoms with van der Waals surface area (Å²) in [6, 6.07) is 0.306. The third kappa shape index (κ3) is 3.55. The smallest absolute Gasteiger partial charge is 0.217 e.